The molecular formula is C21H18N4O6. The van der Waals surface area contributed by atoms with E-state index in [1.54, 1.807) is 47.4 Å². The van der Waals surface area contributed by atoms with Crippen LogP contribution in [0.25, 0.3) is 11.4 Å². The Labute approximate surface area is 175 Å². The summed E-state index contributed by atoms with van der Waals surface area (Å²) >= 11 is 0. The van der Waals surface area contributed by atoms with E-state index in [1.165, 1.54) is 0 Å². The topological polar surface area (TPSA) is 127 Å². The highest BCUT2D eigenvalue weighted by Crippen LogP contribution is 2.36. The van der Waals surface area contributed by atoms with E-state index in [4.69, 9.17) is 9.47 Å². The number of benzene rings is 2. The molecule has 0 aliphatic carbocycles. The van der Waals surface area contributed by atoms with Crippen molar-refractivity contribution in [1.29, 1.82) is 0 Å². The largest absolute Gasteiger partial charge is 0.486 e. The van der Waals surface area contributed by atoms with Gasteiger partial charge in [-0.3, -0.25) is 19.1 Å². The minimum absolute atomic E-state index is 0.123. The molecule has 2 aromatic carbocycles. The molecule has 5 rings (SSSR count). The van der Waals surface area contributed by atoms with Crippen LogP contribution in [0, 0.1) is 5.92 Å². The first-order chi connectivity index (χ1) is 15.1. The van der Waals surface area contributed by atoms with Crippen LogP contribution in [0.3, 0.4) is 0 Å². The number of carbonyl (C=O) groups is 2. The second kappa shape index (κ2) is 7.63. The van der Waals surface area contributed by atoms with E-state index in [9.17, 15) is 14.4 Å². The van der Waals surface area contributed by atoms with Gasteiger partial charge in [-0.2, -0.15) is 0 Å². The van der Waals surface area contributed by atoms with Crippen LogP contribution in [0.2, 0.25) is 0 Å². The molecule has 2 amide bonds. The van der Waals surface area contributed by atoms with E-state index >= 15 is 0 Å². The van der Waals surface area contributed by atoms with Crippen molar-refractivity contribution in [3.05, 3.63) is 53.0 Å². The molecule has 31 heavy (non-hydrogen) atoms. The smallest absolute Gasteiger partial charge is 0.439 e. The molecule has 1 saturated heterocycles. The van der Waals surface area contributed by atoms with E-state index in [-0.39, 0.29) is 24.8 Å². The number of aromatic nitrogens is 2. The molecule has 2 aliphatic heterocycles. The normalized spacial score (nSPS) is 17.6. The molecule has 0 unspecified atom stereocenters. The molecule has 0 radical (unpaired) electrons. The van der Waals surface area contributed by atoms with Crippen molar-refractivity contribution in [1.82, 2.24) is 10.1 Å². The summed E-state index contributed by atoms with van der Waals surface area (Å²) in [6, 6.07) is 12.1. The highest BCUT2D eigenvalue weighted by molar-refractivity contribution is 6.03. The third-order valence-corrected chi connectivity index (χ3v) is 5.20. The van der Waals surface area contributed by atoms with Crippen molar-refractivity contribution in [2.75, 3.05) is 30.0 Å². The fourth-order valence-electron chi connectivity index (χ4n) is 3.64. The highest BCUT2D eigenvalue weighted by Gasteiger charge is 2.35. The van der Waals surface area contributed by atoms with Crippen LogP contribution in [0.15, 0.2) is 51.8 Å². The Morgan fingerprint density at radius 2 is 1.84 bits per heavy atom. The zero-order chi connectivity index (χ0) is 21.4. The molecule has 3 aromatic rings. The average Bonchev–Trinajstić information content (AvgIpc) is 3.40. The monoisotopic (exact) mass is 422 g/mol. The fraction of sp³-hybridized carbons (Fsp3) is 0.238. The third kappa shape index (κ3) is 3.75. The number of hydrogen-bond donors (Lipinski definition) is 2. The Hall–Kier alpha value is -4.08. The molecular weight excluding hydrogens is 404 g/mol. The maximum Gasteiger partial charge on any atom is 0.439 e. The molecule has 2 N–H and O–H groups in total. The number of hydrogen-bond acceptors (Lipinski definition) is 7. The van der Waals surface area contributed by atoms with Crippen LogP contribution in [0.1, 0.15) is 6.42 Å². The predicted octanol–water partition coefficient (Wildman–Crippen LogP) is 1.79. The summed E-state index contributed by atoms with van der Waals surface area (Å²) in [4.78, 5) is 40.4. The average molecular weight is 422 g/mol. The minimum Gasteiger partial charge on any atom is -0.486 e. The van der Waals surface area contributed by atoms with Crippen LogP contribution in [0.5, 0.6) is 11.5 Å². The Kier molecular flexibility index (Phi) is 4.66. The van der Waals surface area contributed by atoms with Gasteiger partial charge in [0.15, 0.2) is 17.3 Å². The SMILES string of the molecule is O=C(Nc1ccc(-c2noc(=O)[nH]2)cc1)[C@@H]1CC(=O)N(c2ccc3c(c2)OCCO3)C1. The molecule has 0 bridgehead atoms. The van der Waals surface area contributed by atoms with Gasteiger partial charge in [-0.25, -0.2) is 4.79 Å². The Bertz CT molecular complexity index is 1200. The number of fused-ring (bicyclic) bond motifs is 1. The van der Waals surface area contributed by atoms with Gasteiger partial charge in [0.2, 0.25) is 11.8 Å². The van der Waals surface area contributed by atoms with Crippen LogP contribution < -0.4 is 25.4 Å². The zero-order valence-electron chi connectivity index (χ0n) is 16.3. The molecule has 0 spiro atoms. The molecule has 0 saturated carbocycles. The number of amides is 2. The Balaban J connectivity index is 1.25. The van der Waals surface area contributed by atoms with Gasteiger partial charge in [-0.1, -0.05) is 5.16 Å². The minimum atomic E-state index is -0.638. The number of carbonyl (C=O) groups excluding carboxylic acids is 2. The number of aromatic amines is 1. The first kappa shape index (κ1) is 18.9. The molecule has 1 aromatic heterocycles. The van der Waals surface area contributed by atoms with E-state index in [1.807, 2.05) is 0 Å². The lowest BCUT2D eigenvalue weighted by molar-refractivity contribution is -0.122. The van der Waals surface area contributed by atoms with Gasteiger partial charge in [-0.05, 0) is 36.4 Å². The molecule has 158 valence electrons. The second-order valence-corrected chi connectivity index (χ2v) is 7.24. The molecule has 10 nitrogen and oxygen atoms in total. The number of ether oxygens (including phenoxy) is 2. The summed E-state index contributed by atoms with van der Waals surface area (Å²) in [6.45, 7) is 1.23. The zero-order valence-corrected chi connectivity index (χ0v) is 16.3. The lowest BCUT2D eigenvalue weighted by atomic mass is 10.1. The molecule has 1 atom stereocenters. The number of nitrogens with zero attached hydrogens (tertiary/aromatic N) is 2. The number of nitrogens with one attached hydrogen (secondary N) is 2. The Morgan fingerprint density at radius 3 is 2.58 bits per heavy atom. The number of rotatable bonds is 4. The summed E-state index contributed by atoms with van der Waals surface area (Å²) in [6.07, 6.45) is 0.124. The van der Waals surface area contributed by atoms with Crippen molar-refractivity contribution in [3.8, 4) is 22.9 Å². The number of anilines is 2. The van der Waals surface area contributed by atoms with Crippen LogP contribution in [-0.4, -0.2) is 41.7 Å². The van der Waals surface area contributed by atoms with Gasteiger partial charge in [0.05, 0.1) is 5.92 Å². The quantitative estimate of drug-likeness (QED) is 0.656. The lowest BCUT2D eigenvalue weighted by Gasteiger charge is -2.22. The lowest BCUT2D eigenvalue weighted by Crippen LogP contribution is -2.28. The standard InChI is InChI=1S/C21H18N4O6/c26-18-9-13(11-25(18)15-5-6-16-17(10-15)30-8-7-29-16)20(27)22-14-3-1-12(2-4-14)19-23-21(28)31-24-19/h1-6,10,13H,7-9,11H2,(H,22,27)(H,23,24,28)/t13-/m1/s1. The summed E-state index contributed by atoms with van der Waals surface area (Å²) < 4.78 is 15.6. The molecule has 10 heteroatoms. The van der Waals surface area contributed by atoms with E-state index in [2.05, 4.69) is 20.0 Å². The maximum atomic E-state index is 12.7. The summed E-state index contributed by atoms with van der Waals surface area (Å²) in [5.74, 6) is 0.0673. The van der Waals surface area contributed by atoms with Crippen molar-refractivity contribution in [2.45, 2.75) is 6.42 Å². The first-order valence-corrected chi connectivity index (χ1v) is 9.74. The summed E-state index contributed by atoms with van der Waals surface area (Å²) in [5.41, 5.74) is 1.89. The van der Waals surface area contributed by atoms with Crippen LogP contribution in [-0.2, 0) is 9.59 Å². The van der Waals surface area contributed by atoms with Crippen molar-refractivity contribution < 1.29 is 23.6 Å². The van der Waals surface area contributed by atoms with Gasteiger partial charge < -0.3 is 19.7 Å². The predicted molar refractivity (Wildman–Crippen MR) is 109 cm³/mol. The van der Waals surface area contributed by atoms with Gasteiger partial charge in [0, 0.05) is 36.0 Å². The molecule has 1 fully saturated rings. The van der Waals surface area contributed by atoms with E-state index in [0.717, 1.165) is 0 Å². The van der Waals surface area contributed by atoms with Gasteiger partial charge >= 0.3 is 5.76 Å². The number of H-pyrrole nitrogens is 1. The van der Waals surface area contributed by atoms with Crippen LogP contribution >= 0.6 is 0 Å². The summed E-state index contributed by atoms with van der Waals surface area (Å²) in [5, 5.41) is 6.45. The van der Waals surface area contributed by atoms with Crippen molar-refractivity contribution in [3.63, 3.8) is 0 Å². The van der Waals surface area contributed by atoms with Gasteiger partial charge in [0.25, 0.3) is 0 Å². The van der Waals surface area contributed by atoms with E-state index in [0.29, 0.717) is 47.5 Å². The maximum absolute atomic E-state index is 12.7. The highest BCUT2D eigenvalue weighted by atomic mass is 16.6. The molecule has 2 aliphatic rings. The third-order valence-electron chi connectivity index (χ3n) is 5.20. The van der Waals surface area contributed by atoms with Gasteiger partial charge in [0.1, 0.15) is 13.2 Å². The van der Waals surface area contributed by atoms with Crippen molar-refractivity contribution in [2.24, 2.45) is 5.92 Å². The fourth-order valence-corrected chi connectivity index (χ4v) is 3.64. The first-order valence-electron chi connectivity index (χ1n) is 9.74. The van der Waals surface area contributed by atoms with Crippen LogP contribution in [0.4, 0.5) is 11.4 Å². The Morgan fingerprint density at radius 1 is 1.06 bits per heavy atom. The van der Waals surface area contributed by atoms with Gasteiger partial charge in [-0.15, -0.1) is 0 Å². The second-order valence-electron chi connectivity index (χ2n) is 7.24. The van der Waals surface area contributed by atoms with E-state index < -0.39 is 11.7 Å². The summed E-state index contributed by atoms with van der Waals surface area (Å²) in [7, 11) is 0. The van der Waals surface area contributed by atoms with Crippen molar-refractivity contribution >= 4 is 23.2 Å². The molecule has 3 heterocycles.